The van der Waals surface area contributed by atoms with Gasteiger partial charge in [-0.15, -0.1) is 0 Å². The van der Waals surface area contributed by atoms with E-state index >= 15 is 0 Å². The lowest BCUT2D eigenvalue weighted by Crippen LogP contribution is -2.17. The Morgan fingerprint density at radius 2 is 2.12 bits per heavy atom. The number of hydrogen-bond donors (Lipinski definition) is 3. The van der Waals surface area contributed by atoms with Gasteiger partial charge in [-0.05, 0) is 31.0 Å². The summed E-state index contributed by atoms with van der Waals surface area (Å²) >= 11 is 0. The van der Waals surface area contributed by atoms with Crippen molar-refractivity contribution in [2.75, 3.05) is 0 Å². The van der Waals surface area contributed by atoms with Crippen molar-refractivity contribution >= 4 is 5.97 Å². The number of hydrogen-bond acceptors (Lipinski definition) is 3. The van der Waals surface area contributed by atoms with Gasteiger partial charge in [0.25, 0.3) is 0 Å². The summed E-state index contributed by atoms with van der Waals surface area (Å²) in [6.45, 7) is 3.00. The van der Waals surface area contributed by atoms with E-state index in [4.69, 9.17) is 10.8 Å². The standard InChI is InChI=1S/C11H14FNO3/c1-5-3-7(12)6(2)10(11(5)16)8(13)4-9(14)15/h3,8,16H,4,13H2,1-2H3,(H,14,15). The van der Waals surface area contributed by atoms with E-state index in [0.717, 1.165) is 0 Å². The number of carboxylic acid groups (broad SMARTS) is 1. The maximum atomic E-state index is 13.4. The molecule has 0 bridgehead atoms. The molecule has 0 saturated heterocycles. The lowest BCUT2D eigenvalue weighted by molar-refractivity contribution is -0.137. The molecule has 1 unspecified atom stereocenters. The Morgan fingerprint density at radius 1 is 1.56 bits per heavy atom. The molecule has 0 aliphatic rings. The Hall–Kier alpha value is -1.62. The van der Waals surface area contributed by atoms with Gasteiger partial charge >= 0.3 is 5.97 Å². The Labute approximate surface area is 92.5 Å². The van der Waals surface area contributed by atoms with Crippen molar-refractivity contribution in [1.82, 2.24) is 0 Å². The largest absolute Gasteiger partial charge is 0.507 e. The number of halogens is 1. The number of phenols is 1. The number of nitrogens with two attached hydrogens (primary N) is 1. The summed E-state index contributed by atoms with van der Waals surface area (Å²) in [7, 11) is 0. The zero-order valence-electron chi connectivity index (χ0n) is 9.12. The average Bonchev–Trinajstić information content (AvgIpc) is 2.14. The SMILES string of the molecule is Cc1cc(F)c(C)c(C(N)CC(=O)O)c1O. The zero-order chi connectivity index (χ0) is 12.5. The molecule has 1 aromatic rings. The van der Waals surface area contributed by atoms with Gasteiger partial charge in [0.05, 0.1) is 6.42 Å². The number of aromatic hydroxyl groups is 1. The molecule has 88 valence electrons. The summed E-state index contributed by atoms with van der Waals surface area (Å²) in [6, 6.07) is 0.286. The van der Waals surface area contributed by atoms with Crippen LogP contribution in [-0.2, 0) is 4.79 Å². The summed E-state index contributed by atoms with van der Waals surface area (Å²) in [5, 5.41) is 18.4. The van der Waals surface area contributed by atoms with Crippen molar-refractivity contribution in [2.24, 2.45) is 5.73 Å². The molecule has 0 aliphatic carbocycles. The lowest BCUT2D eigenvalue weighted by atomic mass is 9.95. The number of aliphatic carboxylic acids is 1. The van der Waals surface area contributed by atoms with E-state index in [9.17, 15) is 14.3 Å². The van der Waals surface area contributed by atoms with Crippen LogP contribution in [0.5, 0.6) is 5.75 Å². The van der Waals surface area contributed by atoms with Crippen molar-refractivity contribution in [3.63, 3.8) is 0 Å². The summed E-state index contributed by atoms with van der Waals surface area (Å²) in [5.74, 6) is -1.72. The van der Waals surface area contributed by atoms with Crippen LogP contribution in [0.1, 0.15) is 29.2 Å². The molecular formula is C11H14FNO3. The van der Waals surface area contributed by atoms with Gasteiger partial charge in [0.15, 0.2) is 0 Å². The fourth-order valence-electron chi connectivity index (χ4n) is 1.63. The minimum absolute atomic E-state index is 0.132. The third-order valence-electron chi connectivity index (χ3n) is 2.50. The minimum Gasteiger partial charge on any atom is -0.507 e. The fraction of sp³-hybridized carbons (Fsp3) is 0.364. The van der Waals surface area contributed by atoms with E-state index in [0.29, 0.717) is 5.56 Å². The smallest absolute Gasteiger partial charge is 0.305 e. The van der Waals surface area contributed by atoms with Crippen LogP contribution in [0.15, 0.2) is 6.07 Å². The molecule has 0 radical (unpaired) electrons. The highest BCUT2D eigenvalue weighted by Crippen LogP contribution is 2.32. The van der Waals surface area contributed by atoms with Gasteiger partial charge in [0, 0.05) is 11.6 Å². The molecule has 1 rings (SSSR count). The molecular weight excluding hydrogens is 213 g/mol. The van der Waals surface area contributed by atoms with Crippen molar-refractivity contribution in [3.05, 3.63) is 28.6 Å². The van der Waals surface area contributed by atoms with Gasteiger partial charge in [-0.3, -0.25) is 4.79 Å². The molecule has 0 aromatic heterocycles. The first-order valence-electron chi connectivity index (χ1n) is 4.80. The van der Waals surface area contributed by atoms with E-state index in [1.54, 1.807) is 0 Å². The number of carbonyl (C=O) groups is 1. The molecule has 0 spiro atoms. The molecule has 1 atom stereocenters. The van der Waals surface area contributed by atoms with Crippen molar-refractivity contribution in [2.45, 2.75) is 26.3 Å². The number of phenolic OH excluding ortho intramolecular Hbond substituents is 1. The number of benzene rings is 1. The second kappa shape index (κ2) is 4.49. The molecule has 4 N–H and O–H groups in total. The third-order valence-corrected chi connectivity index (χ3v) is 2.50. The summed E-state index contributed by atoms with van der Waals surface area (Å²) in [6.07, 6.45) is -0.350. The highest BCUT2D eigenvalue weighted by Gasteiger charge is 2.20. The number of rotatable bonds is 3. The first kappa shape index (κ1) is 12.4. The van der Waals surface area contributed by atoms with Gasteiger partial charge in [0.1, 0.15) is 11.6 Å². The summed E-state index contributed by atoms with van der Waals surface area (Å²) in [5.41, 5.74) is 6.33. The second-order valence-corrected chi connectivity index (χ2v) is 3.77. The topological polar surface area (TPSA) is 83.6 Å². The Balaban J connectivity index is 3.26. The van der Waals surface area contributed by atoms with Crippen LogP contribution in [-0.4, -0.2) is 16.2 Å². The molecule has 0 saturated carbocycles. The highest BCUT2D eigenvalue weighted by atomic mass is 19.1. The van der Waals surface area contributed by atoms with E-state index in [-0.39, 0.29) is 23.3 Å². The van der Waals surface area contributed by atoms with Crippen molar-refractivity contribution in [1.29, 1.82) is 0 Å². The second-order valence-electron chi connectivity index (χ2n) is 3.77. The maximum Gasteiger partial charge on any atom is 0.305 e. The Morgan fingerprint density at radius 3 is 2.62 bits per heavy atom. The van der Waals surface area contributed by atoms with E-state index in [1.165, 1.54) is 19.9 Å². The third kappa shape index (κ3) is 2.30. The van der Waals surface area contributed by atoms with Gasteiger partial charge < -0.3 is 15.9 Å². The molecule has 0 aliphatic heterocycles. The molecule has 5 heteroatoms. The van der Waals surface area contributed by atoms with E-state index in [2.05, 4.69) is 0 Å². The minimum atomic E-state index is -1.09. The molecule has 1 aromatic carbocycles. The van der Waals surface area contributed by atoms with Crippen LogP contribution < -0.4 is 5.73 Å². The predicted molar refractivity (Wildman–Crippen MR) is 56.7 cm³/mol. The van der Waals surface area contributed by atoms with Crippen molar-refractivity contribution < 1.29 is 19.4 Å². The van der Waals surface area contributed by atoms with Crippen LogP contribution in [0, 0.1) is 19.7 Å². The predicted octanol–water partition coefficient (Wildman–Crippen LogP) is 1.62. The average molecular weight is 227 g/mol. The van der Waals surface area contributed by atoms with Crippen LogP contribution in [0.4, 0.5) is 4.39 Å². The monoisotopic (exact) mass is 227 g/mol. The first-order valence-corrected chi connectivity index (χ1v) is 4.80. The normalized spacial score (nSPS) is 12.5. The van der Waals surface area contributed by atoms with E-state index in [1.807, 2.05) is 0 Å². The van der Waals surface area contributed by atoms with Crippen LogP contribution in [0.3, 0.4) is 0 Å². The molecule has 0 heterocycles. The number of carboxylic acids is 1. The molecule has 16 heavy (non-hydrogen) atoms. The van der Waals surface area contributed by atoms with Crippen molar-refractivity contribution in [3.8, 4) is 5.75 Å². The van der Waals surface area contributed by atoms with Crippen LogP contribution in [0.25, 0.3) is 0 Å². The number of aryl methyl sites for hydroxylation is 1. The van der Waals surface area contributed by atoms with Gasteiger partial charge in [-0.2, -0.15) is 0 Å². The summed E-state index contributed by atoms with van der Waals surface area (Å²) < 4.78 is 13.4. The quantitative estimate of drug-likeness (QED) is 0.732. The zero-order valence-corrected chi connectivity index (χ0v) is 9.12. The van der Waals surface area contributed by atoms with Crippen LogP contribution >= 0.6 is 0 Å². The van der Waals surface area contributed by atoms with Crippen LogP contribution in [0.2, 0.25) is 0 Å². The van der Waals surface area contributed by atoms with Gasteiger partial charge in [0.2, 0.25) is 0 Å². The van der Waals surface area contributed by atoms with Gasteiger partial charge in [-0.25, -0.2) is 4.39 Å². The van der Waals surface area contributed by atoms with Gasteiger partial charge in [-0.1, -0.05) is 0 Å². The lowest BCUT2D eigenvalue weighted by Gasteiger charge is -2.16. The van der Waals surface area contributed by atoms with E-state index < -0.39 is 17.8 Å². The highest BCUT2D eigenvalue weighted by molar-refractivity contribution is 5.68. The Bertz CT molecular complexity index is 405. The first-order chi connectivity index (χ1) is 7.34. The summed E-state index contributed by atoms with van der Waals surface area (Å²) in [4.78, 5) is 10.5. The molecule has 0 fully saturated rings. The maximum absolute atomic E-state index is 13.4. The molecule has 4 nitrogen and oxygen atoms in total. The fourth-order valence-corrected chi connectivity index (χ4v) is 1.63. The molecule has 0 amide bonds. The Kier molecular flexibility index (Phi) is 3.49.